The maximum atomic E-state index is 13.3. The third-order valence-electron chi connectivity index (χ3n) is 6.74. The SMILES string of the molecule is CCOc1ccc(C2(CCOS(C)(=O)=O)CCN(C(=O)Cc3cc(C(F)(F)F)cc(C(F)(F)F)c3)C2)cc1OCC. The Hall–Kier alpha value is -3.00. The van der Waals surface area contributed by atoms with Crippen molar-refractivity contribution in [2.75, 3.05) is 39.2 Å². The minimum Gasteiger partial charge on any atom is -0.490 e. The Bertz CT molecular complexity index is 1310. The van der Waals surface area contributed by atoms with Crippen LogP contribution >= 0.6 is 0 Å². The smallest absolute Gasteiger partial charge is 0.416 e. The normalized spacial score (nSPS) is 18.0. The van der Waals surface area contributed by atoms with Crippen LogP contribution in [0.25, 0.3) is 0 Å². The van der Waals surface area contributed by atoms with Crippen LogP contribution < -0.4 is 9.47 Å². The third kappa shape index (κ3) is 8.51. The molecular weight excluding hydrogens is 580 g/mol. The zero-order chi connectivity index (χ0) is 30.6. The van der Waals surface area contributed by atoms with Crippen molar-refractivity contribution >= 4 is 16.0 Å². The number of carbonyl (C=O) groups is 1. The van der Waals surface area contributed by atoms with Gasteiger partial charge in [-0.2, -0.15) is 34.8 Å². The molecule has 0 N–H and O–H groups in total. The zero-order valence-electron chi connectivity index (χ0n) is 22.7. The minimum absolute atomic E-state index is 0.0124. The van der Waals surface area contributed by atoms with Crippen molar-refractivity contribution in [3.8, 4) is 11.5 Å². The number of rotatable bonds is 11. The first-order chi connectivity index (χ1) is 19.0. The predicted octanol–water partition coefficient (Wildman–Crippen LogP) is 5.60. The van der Waals surface area contributed by atoms with Crippen molar-refractivity contribution in [3.63, 3.8) is 0 Å². The summed E-state index contributed by atoms with van der Waals surface area (Å²) in [5, 5.41) is 0. The van der Waals surface area contributed by atoms with Crippen molar-refractivity contribution in [1.82, 2.24) is 4.90 Å². The van der Waals surface area contributed by atoms with Gasteiger partial charge in [-0.1, -0.05) is 6.07 Å². The quantitative estimate of drug-likeness (QED) is 0.243. The van der Waals surface area contributed by atoms with Crippen LogP contribution in [0.3, 0.4) is 0 Å². The Labute approximate surface area is 234 Å². The van der Waals surface area contributed by atoms with E-state index in [1.54, 1.807) is 32.0 Å². The highest BCUT2D eigenvalue weighted by Gasteiger charge is 2.42. The molecular formula is C27H31F6NO6S. The van der Waals surface area contributed by atoms with E-state index in [0.29, 0.717) is 48.8 Å². The van der Waals surface area contributed by atoms with E-state index in [0.717, 1.165) is 6.26 Å². The van der Waals surface area contributed by atoms with Gasteiger partial charge in [0.15, 0.2) is 11.5 Å². The van der Waals surface area contributed by atoms with E-state index >= 15 is 0 Å². The standard InChI is InChI=1S/C27H31F6NO6S/c1-4-38-22-7-6-19(16-23(22)39-5-2)25(9-11-40-41(3,36)37)8-10-34(17-25)24(35)14-18-12-20(26(28,29)30)15-21(13-18)27(31,32)33/h6-7,12-13,15-16H,4-5,8-11,14,17H2,1-3H3. The van der Waals surface area contributed by atoms with E-state index in [4.69, 9.17) is 13.7 Å². The van der Waals surface area contributed by atoms with Crippen molar-refractivity contribution in [3.05, 3.63) is 58.7 Å². The Balaban J connectivity index is 1.92. The average molecular weight is 612 g/mol. The minimum atomic E-state index is -5.03. The number of halogens is 6. The highest BCUT2D eigenvalue weighted by Crippen LogP contribution is 2.42. The Morgan fingerprint density at radius 2 is 1.51 bits per heavy atom. The molecule has 1 heterocycles. The molecule has 0 saturated carbocycles. The first-order valence-electron chi connectivity index (χ1n) is 12.8. The van der Waals surface area contributed by atoms with E-state index < -0.39 is 56.9 Å². The van der Waals surface area contributed by atoms with Gasteiger partial charge in [-0.25, -0.2) is 0 Å². The highest BCUT2D eigenvalue weighted by molar-refractivity contribution is 7.85. The summed E-state index contributed by atoms with van der Waals surface area (Å²) in [6.07, 6.45) is -9.36. The van der Waals surface area contributed by atoms with Crippen molar-refractivity contribution in [2.24, 2.45) is 0 Å². The van der Waals surface area contributed by atoms with Crippen molar-refractivity contribution in [1.29, 1.82) is 0 Å². The number of benzene rings is 2. The lowest BCUT2D eigenvalue weighted by atomic mass is 9.77. The highest BCUT2D eigenvalue weighted by atomic mass is 32.2. The van der Waals surface area contributed by atoms with E-state index in [2.05, 4.69) is 0 Å². The van der Waals surface area contributed by atoms with Gasteiger partial charge in [0.25, 0.3) is 10.1 Å². The maximum Gasteiger partial charge on any atom is 0.416 e. The zero-order valence-corrected chi connectivity index (χ0v) is 23.5. The number of hydrogen-bond acceptors (Lipinski definition) is 6. The molecule has 1 atom stereocenters. The molecule has 2 aromatic rings. The predicted molar refractivity (Wildman–Crippen MR) is 137 cm³/mol. The van der Waals surface area contributed by atoms with Gasteiger partial charge < -0.3 is 14.4 Å². The summed E-state index contributed by atoms with van der Waals surface area (Å²) in [4.78, 5) is 14.5. The number of likely N-dealkylation sites (tertiary alicyclic amines) is 1. The van der Waals surface area contributed by atoms with E-state index in [9.17, 15) is 39.6 Å². The summed E-state index contributed by atoms with van der Waals surface area (Å²) >= 11 is 0. The molecule has 228 valence electrons. The molecule has 0 radical (unpaired) electrons. The van der Waals surface area contributed by atoms with E-state index in [-0.39, 0.29) is 32.2 Å². The number of ether oxygens (including phenoxy) is 2. The summed E-state index contributed by atoms with van der Waals surface area (Å²) in [5.74, 6) is 0.250. The van der Waals surface area contributed by atoms with Gasteiger partial charge in [0.05, 0.1) is 43.6 Å². The molecule has 1 aliphatic heterocycles. The van der Waals surface area contributed by atoms with Crippen LogP contribution in [-0.4, -0.2) is 58.4 Å². The first kappa shape index (κ1) is 32.5. The third-order valence-corrected chi connectivity index (χ3v) is 7.34. The van der Waals surface area contributed by atoms with Crippen LogP contribution in [0.1, 0.15) is 48.9 Å². The molecule has 1 fully saturated rings. The van der Waals surface area contributed by atoms with E-state index in [1.807, 2.05) is 0 Å². The fourth-order valence-electron chi connectivity index (χ4n) is 4.85. The lowest BCUT2D eigenvalue weighted by molar-refractivity contribution is -0.143. The summed E-state index contributed by atoms with van der Waals surface area (Å²) in [6.45, 7) is 4.25. The molecule has 0 bridgehead atoms. The Morgan fingerprint density at radius 3 is 2.05 bits per heavy atom. The molecule has 2 aromatic carbocycles. The molecule has 1 amide bonds. The molecule has 1 saturated heterocycles. The number of nitrogens with zero attached hydrogens (tertiary/aromatic N) is 1. The van der Waals surface area contributed by atoms with Crippen molar-refractivity contribution in [2.45, 2.75) is 50.9 Å². The largest absolute Gasteiger partial charge is 0.490 e. The van der Waals surface area contributed by atoms with Gasteiger partial charge in [-0.15, -0.1) is 0 Å². The van der Waals surface area contributed by atoms with Gasteiger partial charge in [0.2, 0.25) is 5.91 Å². The van der Waals surface area contributed by atoms with Crippen LogP contribution in [0.4, 0.5) is 26.3 Å². The number of hydrogen-bond donors (Lipinski definition) is 0. The fourth-order valence-corrected chi connectivity index (χ4v) is 5.23. The molecule has 14 heteroatoms. The topological polar surface area (TPSA) is 82.1 Å². The van der Waals surface area contributed by atoms with Crippen LogP contribution in [0.5, 0.6) is 11.5 Å². The molecule has 41 heavy (non-hydrogen) atoms. The van der Waals surface area contributed by atoms with Gasteiger partial charge in [0.1, 0.15) is 0 Å². The monoisotopic (exact) mass is 611 g/mol. The van der Waals surface area contributed by atoms with Gasteiger partial charge in [-0.05, 0) is 68.1 Å². The lowest BCUT2D eigenvalue weighted by Crippen LogP contribution is -2.36. The van der Waals surface area contributed by atoms with Crippen molar-refractivity contribution < 1.29 is 53.2 Å². The molecule has 1 aliphatic rings. The second-order valence-corrected chi connectivity index (χ2v) is 11.4. The lowest BCUT2D eigenvalue weighted by Gasteiger charge is -2.31. The van der Waals surface area contributed by atoms with Gasteiger partial charge in [0, 0.05) is 18.5 Å². The van der Waals surface area contributed by atoms with E-state index in [1.165, 1.54) is 4.90 Å². The summed E-state index contributed by atoms with van der Waals surface area (Å²) in [5.41, 5.74) is -3.56. The second-order valence-electron chi connectivity index (χ2n) is 9.74. The van der Waals surface area contributed by atoms with Crippen LogP contribution in [-0.2, 0) is 43.3 Å². The maximum absolute atomic E-state index is 13.3. The molecule has 0 aliphatic carbocycles. The van der Waals surface area contributed by atoms with Crippen LogP contribution in [0, 0.1) is 0 Å². The van der Waals surface area contributed by atoms with Gasteiger partial charge >= 0.3 is 12.4 Å². The second kappa shape index (κ2) is 12.5. The molecule has 0 aromatic heterocycles. The van der Waals surface area contributed by atoms with Gasteiger partial charge in [-0.3, -0.25) is 8.98 Å². The molecule has 3 rings (SSSR count). The summed E-state index contributed by atoms with van der Waals surface area (Å²) in [7, 11) is -3.77. The van der Waals surface area contributed by atoms with Crippen LogP contribution in [0.15, 0.2) is 36.4 Å². The number of amides is 1. The number of alkyl halides is 6. The van der Waals surface area contributed by atoms with Crippen LogP contribution in [0.2, 0.25) is 0 Å². The molecule has 7 nitrogen and oxygen atoms in total. The summed E-state index contributed by atoms with van der Waals surface area (Å²) in [6, 6.07) is 6.26. The fraction of sp³-hybridized carbons (Fsp3) is 0.519. The average Bonchev–Trinajstić information content (AvgIpc) is 3.29. The number of carbonyl (C=O) groups excluding carboxylic acids is 1. The molecule has 1 unspecified atom stereocenters. The first-order valence-corrected chi connectivity index (χ1v) is 14.6. The Morgan fingerprint density at radius 1 is 0.927 bits per heavy atom. The molecule has 0 spiro atoms. The summed E-state index contributed by atoms with van der Waals surface area (Å²) < 4.78 is 119. The Kier molecular flexibility index (Phi) is 9.89.